The molecule has 0 spiro atoms. The maximum absolute atomic E-state index is 6.21. The van der Waals surface area contributed by atoms with Gasteiger partial charge in [0.15, 0.2) is 0 Å². The number of benzene rings is 1. The van der Waals surface area contributed by atoms with Crippen molar-refractivity contribution in [3.63, 3.8) is 0 Å². The van der Waals surface area contributed by atoms with Crippen molar-refractivity contribution in [1.29, 1.82) is 0 Å². The second kappa shape index (κ2) is 4.97. The Kier molecular flexibility index (Phi) is 3.19. The van der Waals surface area contributed by atoms with E-state index >= 15 is 0 Å². The first-order valence-electron chi connectivity index (χ1n) is 5.50. The highest BCUT2D eigenvalue weighted by molar-refractivity contribution is 7.14. The van der Waals surface area contributed by atoms with Gasteiger partial charge in [0.1, 0.15) is 15.7 Å². The van der Waals surface area contributed by atoms with Gasteiger partial charge in [-0.05, 0) is 5.56 Å². The van der Waals surface area contributed by atoms with Gasteiger partial charge in [0, 0.05) is 17.0 Å². The molecule has 2 aromatic heterocycles. The Balaban J connectivity index is 1.90. The van der Waals surface area contributed by atoms with E-state index in [4.69, 9.17) is 5.73 Å². The highest BCUT2D eigenvalue weighted by Gasteiger charge is 2.14. The number of hydrogen-bond acceptors (Lipinski definition) is 5. The summed E-state index contributed by atoms with van der Waals surface area (Å²) in [4.78, 5) is 8.82. The van der Waals surface area contributed by atoms with Crippen molar-refractivity contribution in [3.8, 4) is 10.7 Å². The minimum atomic E-state index is -0.162. The van der Waals surface area contributed by atoms with E-state index in [0.717, 1.165) is 21.3 Å². The maximum atomic E-state index is 6.21. The van der Waals surface area contributed by atoms with Crippen LogP contribution in [0.4, 0.5) is 0 Å². The number of rotatable bonds is 3. The summed E-state index contributed by atoms with van der Waals surface area (Å²) in [6.07, 6.45) is 1.79. The van der Waals surface area contributed by atoms with Gasteiger partial charge < -0.3 is 5.73 Å². The zero-order chi connectivity index (χ0) is 12.4. The molecule has 0 aliphatic carbocycles. The molecule has 0 bridgehead atoms. The number of nitrogens with two attached hydrogens (primary N) is 1. The molecular weight excluding hydrogens is 262 g/mol. The fourth-order valence-electron chi connectivity index (χ4n) is 1.68. The van der Waals surface area contributed by atoms with E-state index in [9.17, 15) is 0 Å². The molecule has 1 atom stereocenters. The molecule has 3 nitrogen and oxygen atoms in total. The second-order valence-electron chi connectivity index (χ2n) is 3.80. The Hall–Kier alpha value is -1.56. The average Bonchev–Trinajstić information content (AvgIpc) is 3.09. The van der Waals surface area contributed by atoms with Crippen LogP contribution in [0.5, 0.6) is 0 Å². The van der Waals surface area contributed by atoms with Gasteiger partial charge in [0.2, 0.25) is 0 Å². The van der Waals surface area contributed by atoms with Gasteiger partial charge in [-0.25, -0.2) is 9.97 Å². The topological polar surface area (TPSA) is 51.8 Å². The summed E-state index contributed by atoms with van der Waals surface area (Å²) >= 11 is 3.17. The first-order chi connectivity index (χ1) is 8.84. The summed E-state index contributed by atoms with van der Waals surface area (Å²) in [6.45, 7) is 0. The predicted octanol–water partition coefficient (Wildman–Crippen LogP) is 3.31. The molecule has 1 unspecified atom stereocenters. The highest BCUT2D eigenvalue weighted by Crippen LogP contribution is 2.28. The molecule has 3 rings (SSSR count). The fraction of sp³-hybridized carbons (Fsp3) is 0.0769. The average molecular weight is 273 g/mol. The Morgan fingerprint density at radius 2 is 1.94 bits per heavy atom. The van der Waals surface area contributed by atoms with Gasteiger partial charge in [-0.15, -0.1) is 22.7 Å². The molecular formula is C13H11N3S2. The van der Waals surface area contributed by atoms with Crippen LogP contribution in [-0.2, 0) is 0 Å². The first-order valence-corrected chi connectivity index (χ1v) is 7.26. The van der Waals surface area contributed by atoms with Crippen molar-refractivity contribution in [2.75, 3.05) is 0 Å². The minimum absolute atomic E-state index is 0.162. The molecule has 0 fully saturated rings. The van der Waals surface area contributed by atoms with Crippen LogP contribution in [0, 0.1) is 0 Å². The number of nitrogens with zero attached hydrogens (tertiary/aromatic N) is 2. The number of thiazole rings is 2. The van der Waals surface area contributed by atoms with Crippen molar-refractivity contribution in [2.24, 2.45) is 5.73 Å². The summed E-state index contributed by atoms with van der Waals surface area (Å²) in [7, 11) is 0. The van der Waals surface area contributed by atoms with Gasteiger partial charge in [0.25, 0.3) is 0 Å². The Morgan fingerprint density at radius 1 is 1.11 bits per heavy atom. The van der Waals surface area contributed by atoms with Gasteiger partial charge in [0.05, 0.1) is 6.04 Å². The molecule has 0 saturated carbocycles. The monoisotopic (exact) mass is 273 g/mol. The maximum Gasteiger partial charge on any atom is 0.142 e. The molecule has 3 aromatic rings. The zero-order valence-corrected chi connectivity index (χ0v) is 11.1. The smallest absolute Gasteiger partial charge is 0.142 e. The van der Waals surface area contributed by atoms with Crippen LogP contribution in [0.25, 0.3) is 10.7 Å². The molecule has 90 valence electrons. The van der Waals surface area contributed by atoms with Crippen LogP contribution in [0.1, 0.15) is 16.6 Å². The molecule has 0 aliphatic heterocycles. The molecule has 18 heavy (non-hydrogen) atoms. The van der Waals surface area contributed by atoms with E-state index in [2.05, 4.69) is 9.97 Å². The Bertz CT molecular complexity index is 617. The van der Waals surface area contributed by atoms with Crippen molar-refractivity contribution >= 4 is 22.7 Å². The first kappa shape index (κ1) is 11.5. The number of aromatic nitrogens is 2. The largest absolute Gasteiger partial charge is 0.318 e. The molecule has 0 aliphatic rings. The zero-order valence-electron chi connectivity index (χ0n) is 9.48. The molecule has 1 aromatic carbocycles. The lowest BCUT2D eigenvalue weighted by Gasteiger charge is -2.07. The molecule has 0 amide bonds. The minimum Gasteiger partial charge on any atom is -0.318 e. The standard InChI is InChI=1S/C13H11N3S2/c14-11(9-4-2-1-3-5-9)13-16-10(8-18-13)12-15-6-7-17-12/h1-8,11H,14H2. The summed E-state index contributed by atoms with van der Waals surface area (Å²) in [5.41, 5.74) is 8.21. The molecule has 2 N–H and O–H groups in total. The normalized spacial score (nSPS) is 12.5. The van der Waals surface area contributed by atoms with Gasteiger partial charge >= 0.3 is 0 Å². The van der Waals surface area contributed by atoms with E-state index in [0.29, 0.717) is 0 Å². The quantitative estimate of drug-likeness (QED) is 0.796. The summed E-state index contributed by atoms with van der Waals surface area (Å²) in [5.74, 6) is 0. The van der Waals surface area contributed by atoms with Crippen molar-refractivity contribution in [3.05, 3.63) is 57.9 Å². The van der Waals surface area contributed by atoms with Crippen LogP contribution >= 0.6 is 22.7 Å². The van der Waals surface area contributed by atoms with Gasteiger partial charge in [-0.3, -0.25) is 0 Å². The van der Waals surface area contributed by atoms with Crippen LogP contribution in [0.15, 0.2) is 47.3 Å². The van der Waals surface area contributed by atoms with E-state index in [1.54, 1.807) is 28.9 Å². The summed E-state index contributed by atoms with van der Waals surface area (Å²) in [5, 5.41) is 5.83. The van der Waals surface area contributed by atoms with Crippen LogP contribution in [-0.4, -0.2) is 9.97 Å². The van der Waals surface area contributed by atoms with E-state index in [1.165, 1.54) is 0 Å². The van der Waals surface area contributed by atoms with Crippen molar-refractivity contribution in [1.82, 2.24) is 9.97 Å². The Labute approximate surface area is 113 Å². The third kappa shape index (κ3) is 2.20. The van der Waals surface area contributed by atoms with E-state index in [-0.39, 0.29) is 6.04 Å². The van der Waals surface area contributed by atoms with Crippen molar-refractivity contribution in [2.45, 2.75) is 6.04 Å². The summed E-state index contributed by atoms with van der Waals surface area (Å²) in [6, 6.07) is 9.85. The van der Waals surface area contributed by atoms with Crippen LogP contribution in [0.3, 0.4) is 0 Å². The molecule has 2 heterocycles. The lowest BCUT2D eigenvalue weighted by atomic mass is 10.1. The third-order valence-electron chi connectivity index (χ3n) is 2.60. The lowest BCUT2D eigenvalue weighted by Crippen LogP contribution is -2.11. The van der Waals surface area contributed by atoms with E-state index < -0.39 is 0 Å². The molecule has 0 radical (unpaired) electrons. The second-order valence-corrected chi connectivity index (χ2v) is 5.58. The van der Waals surface area contributed by atoms with Crippen molar-refractivity contribution < 1.29 is 0 Å². The van der Waals surface area contributed by atoms with E-state index in [1.807, 2.05) is 41.1 Å². The van der Waals surface area contributed by atoms with Crippen LogP contribution in [0.2, 0.25) is 0 Å². The van der Waals surface area contributed by atoms with Gasteiger partial charge in [-0.2, -0.15) is 0 Å². The lowest BCUT2D eigenvalue weighted by molar-refractivity contribution is 0.859. The summed E-state index contributed by atoms with van der Waals surface area (Å²) < 4.78 is 0. The Morgan fingerprint density at radius 3 is 2.67 bits per heavy atom. The highest BCUT2D eigenvalue weighted by atomic mass is 32.1. The fourth-order valence-corrected chi connectivity index (χ4v) is 3.18. The van der Waals surface area contributed by atoms with Gasteiger partial charge in [-0.1, -0.05) is 30.3 Å². The van der Waals surface area contributed by atoms with Crippen LogP contribution < -0.4 is 5.73 Å². The SMILES string of the molecule is NC(c1ccccc1)c1nc(-c2nccs2)cs1. The predicted molar refractivity (Wildman–Crippen MR) is 75.7 cm³/mol. The molecule has 0 saturated heterocycles. The number of hydrogen-bond donors (Lipinski definition) is 1. The molecule has 5 heteroatoms. The third-order valence-corrected chi connectivity index (χ3v) is 4.32.